The minimum atomic E-state index is -3.41. The molecule has 0 spiro atoms. The molecule has 1 saturated heterocycles. The molecule has 118 valence electrons. The van der Waals surface area contributed by atoms with E-state index in [2.05, 4.69) is 13.8 Å². The molecule has 0 bridgehead atoms. The third-order valence-corrected chi connectivity index (χ3v) is 6.65. The predicted octanol–water partition coefficient (Wildman–Crippen LogP) is 3.80. The Hall–Kier alpha value is -0.580. The average molecular weight is 330 g/mol. The highest BCUT2D eigenvalue weighted by Crippen LogP contribution is 2.33. The Kier molecular flexibility index (Phi) is 5.01. The number of hydrogen-bond donors (Lipinski definition) is 0. The molecule has 1 aliphatic rings. The molecule has 1 heterocycles. The molecule has 1 aromatic rings. The Morgan fingerprint density at radius 2 is 1.86 bits per heavy atom. The number of hydrogen-bond acceptors (Lipinski definition) is 2. The number of piperidine rings is 1. The number of nitrogens with zero attached hydrogens (tertiary/aromatic N) is 1. The summed E-state index contributed by atoms with van der Waals surface area (Å²) in [4.78, 5) is 0.433. The lowest BCUT2D eigenvalue weighted by Gasteiger charge is -2.36. The molecule has 2 rings (SSSR count). The van der Waals surface area contributed by atoms with Crippen molar-refractivity contribution in [1.82, 2.24) is 4.31 Å². The van der Waals surface area contributed by atoms with Crippen molar-refractivity contribution in [2.45, 2.75) is 50.8 Å². The number of rotatable bonds is 4. The second-order valence-electron chi connectivity index (χ2n) is 6.50. The van der Waals surface area contributed by atoms with Crippen LogP contribution in [0.25, 0.3) is 0 Å². The zero-order valence-corrected chi connectivity index (χ0v) is 14.6. The zero-order valence-electron chi connectivity index (χ0n) is 13.0. The molecule has 0 N–H and O–H groups in total. The predicted molar refractivity (Wildman–Crippen MR) is 87.2 cm³/mol. The first-order valence-electron chi connectivity index (χ1n) is 7.48. The monoisotopic (exact) mass is 329 g/mol. The molecule has 1 aromatic carbocycles. The largest absolute Gasteiger partial charge is 0.243 e. The van der Waals surface area contributed by atoms with Gasteiger partial charge in [-0.1, -0.05) is 32.9 Å². The lowest BCUT2D eigenvalue weighted by molar-refractivity contribution is 0.196. The maximum Gasteiger partial charge on any atom is 0.243 e. The quantitative estimate of drug-likeness (QED) is 0.788. The SMILES string of the molecule is CCc1ccc(CCl)cc1S(=O)(=O)N1CCC(C)(C)CC1. The van der Waals surface area contributed by atoms with Gasteiger partial charge in [-0.25, -0.2) is 8.42 Å². The third-order valence-electron chi connectivity index (χ3n) is 4.36. The van der Waals surface area contributed by atoms with Crippen LogP contribution in [0.4, 0.5) is 0 Å². The summed E-state index contributed by atoms with van der Waals surface area (Å²) >= 11 is 5.86. The Balaban J connectivity index is 2.35. The molecule has 21 heavy (non-hydrogen) atoms. The average Bonchev–Trinajstić information content (AvgIpc) is 2.46. The van der Waals surface area contributed by atoms with Gasteiger partial charge in [-0.2, -0.15) is 4.31 Å². The molecule has 0 unspecified atom stereocenters. The minimum absolute atomic E-state index is 0.234. The molecule has 0 amide bonds. The number of sulfonamides is 1. The van der Waals surface area contributed by atoms with Gasteiger partial charge in [0.15, 0.2) is 0 Å². The number of alkyl halides is 1. The van der Waals surface area contributed by atoms with Gasteiger partial charge in [-0.3, -0.25) is 0 Å². The van der Waals surface area contributed by atoms with Crippen LogP contribution in [0.2, 0.25) is 0 Å². The van der Waals surface area contributed by atoms with Crippen molar-refractivity contribution in [3.05, 3.63) is 29.3 Å². The molecule has 0 atom stereocenters. The van der Waals surface area contributed by atoms with E-state index < -0.39 is 10.0 Å². The van der Waals surface area contributed by atoms with E-state index in [1.165, 1.54) is 0 Å². The molecule has 0 saturated carbocycles. The topological polar surface area (TPSA) is 37.4 Å². The fourth-order valence-electron chi connectivity index (χ4n) is 2.69. The standard InChI is InChI=1S/C16H24ClNO2S/c1-4-14-6-5-13(12-17)11-15(14)21(19,20)18-9-7-16(2,3)8-10-18/h5-6,11H,4,7-10,12H2,1-3H3. The van der Waals surface area contributed by atoms with Crippen LogP contribution < -0.4 is 0 Å². The first-order chi connectivity index (χ1) is 9.80. The summed E-state index contributed by atoms with van der Waals surface area (Å²) in [6, 6.07) is 5.53. The van der Waals surface area contributed by atoms with E-state index in [4.69, 9.17) is 11.6 Å². The summed E-state index contributed by atoms with van der Waals surface area (Å²) in [5, 5.41) is 0. The van der Waals surface area contributed by atoms with Crippen LogP contribution in [0, 0.1) is 5.41 Å². The van der Waals surface area contributed by atoms with Crippen LogP contribution in [-0.4, -0.2) is 25.8 Å². The van der Waals surface area contributed by atoms with Crippen molar-refractivity contribution in [1.29, 1.82) is 0 Å². The first-order valence-corrected chi connectivity index (χ1v) is 9.45. The lowest BCUT2D eigenvalue weighted by atomic mass is 9.83. The van der Waals surface area contributed by atoms with Crippen LogP contribution in [0.5, 0.6) is 0 Å². The molecule has 1 fully saturated rings. The van der Waals surface area contributed by atoms with Gasteiger partial charge >= 0.3 is 0 Å². The molecule has 0 radical (unpaired) electrons. The van der Waals surface area contributed by atoms with Gasteiger partial charge in [0, 0.05) is 19.0 Å². The van der Waals surface area contributed by atoms with Gasteiger partial charge < -0.3 is 0 Å². The van der Waals surface area contributed by atoms with Crippen molar-refractivity contribution in [2.75, 3.05) is 13.1 Å². The van der Waals surface area contributed by atoms with E-state index in [1.807, 2.05) is 19.1 Å². The number of halogens is 1. The first kappa shape index (κ1) is 16.8. The van der Waals surface area contributed by atoms with Crippen molar-refractivity contribution in [2.24, 2.45) is 5.41 Å². The van der Waals surface area contributed by atoms with E-state index >= 15 is 0 Å². The van der Waals surface area contributed by atoms with Gasteiger partial charge in [0.2, 0.25) is 10.0 Å². The molecule has 3 nitrogen and oxygen atoms in total. The lowest BCUT2D eigenvalue weighted by Crippen LogP contribution is -2.41. The summed E-state index contributed by atoms with van der Waals surface area (Å²) in [5.74, 6) is 0.333. The van der Waals surface area contributed by atoms with Crippen LogP contribution >= 0.6 is 11.6 Å². The second-order valence-corrected chi connectivity index (χ2v) is 8.67. The molecule has 0 aliphatic carbocycles. The minimum Gasteiger partial charge on any atom is -0.207 e. The molecule has 5 heteroatoms. The van der Waals surface area contributed by atoms with Crippen molar-refractivity contribution in [3.63, 3.8) is 0 Å². The highest BCUT2D eigenvalue weighted by molar-refractivity contribution is 7.89. The normalized spacial score (nSPS) is 19.6. The fourth-order valence-corrected chi connectivity index (χ4v) is 4.64. The highest BCUT2D eigenvalue weighted by Gasteiger charge is 2.33. The third kappa shape index (κ3) is 3.61. The molecule has 0 aromatic heterocycles. The Bertz CT molecular complexity index is 601. The van der Waals surface area contributed by atoms with Crippen LogP contribution in [0.1, 0.15) is 44.7 Å². The summed E-state index contributed by atoms with van der Waals surface area (Å²) in [6.45, 7) is 7.58. The Labute approximate surface area is 133 Å². The maximum atomic E-state index is 12.9. The number of benzene rings is 1. The Morgan fingerprint density at radius 1 is 1.24 bits per heavy atom. The number of aryl methyl sites for hydroxylation is 1. The van der Waals surface area contributed by atoms with Gasteiger partial charge in [-0.05, 0) is 41.9 Å². The van der Waals surface area contributed by atoms with Crippen LogP contribution in [-0.2, 0) is 22.3 Å². The fraction of sp³-hybridized carbons (Fsp3) is 0.625. The molecular weight excluding hydrogens is 306 g/mol. The highest BCUT2D eigenvalue weighted by atomic mass is 35.5. The van der Waals surface area contributed by atoms with Crippen molar-refractivity contribution < 1.29 is 8.42 Å². The van der Waals surface area contributed by atoms with Crippen molar-refractivity contribution in [3.8, 4) is 0 Å². The van der Waals surface area contributed by atoms with Crippen LogP contribution in [0.3, 0.4) is 0 Å². The van der Waals surface area contributed by atoms with E-state index in [0.29, 0.717) is 30.3 Å². The summed E-state index contributed by atoms with van der Waals surface area (Å²) in [6.07, 6.45) is 2.52. The van der Waals surface area contributed by atoms with E-state index in [9.17, 15) is 8.42 Å². The smallest absolute Gasteiger partial charge is 0.207 e. The molecular formula is C16H24ClNO2S. The molecule has 1 aliphatic heterocycles. The van der Waals surface area contributed by atoms with Gasteiger partial charge in [-0.15, -0.1) is 11.6 Å². The zero-order chi connectivity index (χ0) is 15.7. The summed E-state index contributed by atoms with van der Waals surface area (Å²) in [7, 11) is -3.41. The second kappa shape index (κ2) is 6.27. The van der Waals surface area contributed by atoms with E-state index in [-0.39, 0.29) is 5.41 Å². The summed E-state index contributed by atoms with van der Waals surface area (Å²) < 4.78 is 27.5. The van der Waals surface area contributed by atoms with E-state index in [0.717, 1.165) is 24.0 Å². The van der Waals surface area contributed by atoms with Crippen molar-refractivity contribution >= 4 is 21.6 Å². The van der Waals surface area contributed by atoms with Crippen LogP contribution in [0.15, 0.2) is 23.1 Å². The maximum absolute atomic E-state index is 12.9. The van der Waals surface area contributed by atoms with E-state index in [1.54, 1.807) is 10.4 Å². The van der Waals surface area contributed by atoms with Gasteiger partial charge in [0.05, 0.1) is 4.90 Å². The van der Waals surface area contributed by atoms with Gasteiger partial charge in [0.1, 0.15) is 0 Å². The Morgan fingerprint density at radius 3 is 2.38 bits per heavy atom. The van der Waals surface area contributed by atoms with Gasteiger partial charge in [0.25, 0.3) is 0 Å². The summed E-state index contributed by atoms with van der Waals surface area (Å²) in [5.41, 5.74) is 1.95.